The van der Waals surface area contributed by atoms with Gasteiger partial charge >= 0.3 is 19.4 Å². The number of nitrogen functional groups attached to an aromatic ring is 1. The number of anilines is 1. The van der Waals surface area contributed by atoms with Crippen LogP contribution < -0.4 is 21.0 Å². The molecular weight excluding hydrogens is 474 g/mol. The normalized spacial score (nSPS) is 27.0. The Morgan fingerprint density at radius 1 is 1.41 bits per heavy atom. The molecule has 0 saturated carbocycles. The van der Waals surface area contributed by atoms with E-state index in [1.807, 2.05) is 0 Å². The number of aliphatic hydroxyl groups excluding tert-OH is 1. The van der Waals surface area contributed by atoms with Crippen molar-refractivity contribution in [1.82, 2.24) is 14.6 Å². The Balaban J connectivity index is 1.80. The number of nitrogens with zero attached hydrogens (tertiary/aromatic N) is 2. The van der Waals surface area contributed by atoms with Gasteiger partial charge < -0.3 is 24.8 Å². The average Bonchev–Trinajstić information content (AvgIpc) is 3.01. The van der Waals surface area contributed by atoms with Crippen LogP contribution in [-0.4, -0.2) is 58.3 Å². The molecule has 14 heteroatoms. The molecule has 1 aromatic carbocycles. The van der Waals surface area contributed by atoms with Gasteiger partial charge in [-0.25, -0.2) is 13.8 Å². The van der Waals surface area contributed by atoms with E-state index in [4.69, 9.17) is 19.5 Å². The van der Waals surface area contributed by atoms with Gasteiger partial charge in [0.25, 0.3) is 0 Å². The van der Waals surface area contributed by atoms with Crippen molar-refractivity contribution >= 4 is 19.5 Å². The number of para-hydroxylation sites is 1. The molecule has 1 saturated heterocycles. The fourth-order valence-corrected chi connectivity index (χ4v) is 4.81. The summed E-state index contributed by atoms with van der Waals surface area (Å²) in [7, 11) is -3.10. The van der Waals surface area contributed by atoms with Gasteiger partial charge in [0.2, 0.25) is 0 Å². The third kappa shape index (κ3) is 5.62. The summed E-state index contributed by atoms with van der Waals surface area (Å²) in [5.74, 6) is -0.634. The van der Waals surface area contributed by atoms with Gasteiger partial charge in [-0.3, -0.25) is 13.9 Å². The zero-order valence-corrected chi connectivity index (χ0v) is 19.6. The van der Waals surface area contributed by atoms with Crippen LogP contribution in [0.1, 0.15) is 20.1 Å². The lowest BCUT2D eigenvalue weighted by Crippen LogP contribution is -2.43. The van der Waals surface area contributed by atoms with Gasteiger partial charge in [0.15, 0.2) is 11.9 Å². The fourth-order valence-electron chi connectivity index (χ4n) is 3.30. The van der Waals surface area contributed by atoms with E-state index in [1.54, 1.807) is 18.2 Å². The predicted molar refractivity (Wildman–Crippen MR) is 118 cm³/mol. The Morgan fingerprint density at radius 2 is 2.09 bits per heavy atom. The summed E-state index contributed by atoms with van der Waals surface area (Å²) in [5, 5.41) is 13.0. The van der Waals surface area contributed by atoms with E-state index in [1.165, 1.54) is 31.3 Å². The number of rotatable bonds is 9. The molecule has 12 nitrogen and oxygen atoms in total. The quantitative estimate of drug-likeness (QED) is 0.334. The molecule has 1 aliphatic rings. The second-order valence-electron chi connectivity index (χ2n) is 7.74. The molecule has 0 spiro atoms. The number of nitrogens with two attached hydrogens (primary N) is 1. The highest BCUT2D eigenvalue weighted by Gasteiger charge is 2.56. The summed E-state index contributed by atoms with van der Waals surface area (Å²) in [4.78, 5) is 27.5. The number of esters is 1. The molecule has 1 fully saturated rings. The number of hydrogen-bond donors (Lipinski definition) is 3. The number of hydrogen-bond acceptors (Lipinski definition) is 10. The minimum Gasteiger partial charge on any atom is -0.468 e. The number of aromatic nitrogens is 2. The molecule has 2 heterocycles. The maximum Gasteiger partial charge on any atom is 0.459 e. The lowest BCUT2D eigenvalue weighted by Gasteiger charge is -2.25. The molecule has 186 valence electrons. The lowest BCUT2D eigenvalue weighted by atomic mass is 9.98. The predicted octanol–water partition coefficient (Wildman–Crippen LogP) is 1.17. The number of benzene rings is 1. The van der Waals surface area contributed by atoms with Crippen LogP contribution in [0.5, 0.6) is 5.75 Å². The van der Waals surface area contributed by atoms with Gasteiger partial charge in [0, 0.05) is 6.20 Å². The molecule has 1 aliphatic heterocycles. The zero-order chi connectivity index (χ0) is 25.1. The number of ether oxygens (including phenoxy) is 2. The molecule has 6 atom stereocenters. The van der Waals surface area contributed by atoms with Crippen LogP contribution in [0.3, 0.4) is 0 Å². The molecule has 0 amide bonds. The van der Waals surface area contributed by atoms with E-state index in [0.29, 0.717) is 0 Å². The smallest absolute Gasteiger partial charge is 0.459 e. The maximum absolute atomic E-state index is 15.4. The standard InChI is InChI=1S/C20H26FN4O8P/c1-12(17(27)30-3)24-34(29,33-13-7-5-4-6-8-13)31-11-14-16(26)20(2,21)18(32-14)25-10-9-15(22)23-19(25)28/h4-10,12,14,16,18,26H,11H2,1-3H3,(H,24,29)(H2,22,23,28)/t12-,14+,16+,18+,20+,34?/m0/s1. The molecule has 34 heavy (non-hydrogen) atoms. The molecule has 1 unspecified atom stereocenters. The third-order valence-corrected chi connectivity index (χ3v) is 6.75. The molecule has 2 aromatic rings. The van der Waals surface area contributed by atoms with Crippen LogP contribution in [0.2, 0.25) is 0 Å². The minimum atomic E-state index is -4.25. The van der Waals surface area contributed by atoms with E-state index < -0.39 is 56.2 Å². The van der Waals surface area contributed by atoms with Crippen LogP contribution in [0.15, 0.2) is 47.4 Å². The van der Waals surface area contributed by atoms with Crippen molar-refractivity contribution in [1.29, 1.82) is 0 Å². The van der Waals surface area contributed by atoms with Crippen molar-refractivity contribution in [3.05, 3.63) is 53.1 Å². The van der Waals surface area contributed by atoms with Crippen molar-refractivity contribution in [2.45, 2.75) is 44.0 Å². The number of halogens is 1. The monoisotopic (exact) mass is 500 g/mol. The Morgan fingerprint density at radius 3 is 2.71 bits per heavy atom. The topological polar surface area (TPSA) is 164 Å². The summed E-state index contributed by atoms with van der Waals surface area (Å²) >= 11 is 0. The van der Waals surface area contributed by atoms with E-state index in [0.717, 1.165) is 18.6 Å². The van der Waals surface area contributed by atoms with E-state index in [2.05, 4.69) is 14.8 Å². The summed E-state index contributed by atoms with van der Waals surface area (Å²) < 4.78 is 50.7. The van der Waals surface area contributed by atoms with Crippen LogP contribution >= 0.6 is 7.75 Å². The second-order valence-corrected chi connectivity index (χ2v) is 9.43. The van der Waals surface area contributed by atoms with Crippen LogP contribution in [0.25, 0.3) is 0 Å². The first kappa shape index (κ1) is 25.8. The number of alkyl halides is 1. The number of methoxy groups -OCH3 is 1. The first-order chi connectivity index (χ1) is 16.0. The summed E-state index contributed by atoms with van der Waals surface area (Å²) in [6.45, 7) is 1.81. The minimum absolute atomic E-state index is 0.0648. The number of carbonyl (C=O) groups is 1. The van der Waals surface area contributed by atoms with Crippen molar-refractivity contribution in [3.8, 4) is 5.75 Å². The van der Waals surface area contributed by atoms with Gasteiger partial charge in [0.1, 0.15) is 29.8 Å². The Hall–Kier alpha value is -2.83. The number of carbonyl (C=O) groups excluding carboxylic acids is 1. The van der Waals surface area contributed by atoms with Gasteiger partial charge in [-0.1, -0.05) is 18.2 Å². The Labute approximate surface area is 194 Å². The highest BCUT2D eigenvalue weighted by Crippen LogP contribution is 2.47. The third-order valence-electron chi connectivity index (χ3n) is 5.11. The maximum atomic E-state index is 15.4. The highest BCUT2D eigenvalue weighted by molar-refractivity contribution is 7.52. The molecule has 3 rings (SSSR count). The van der Waals surface area contributed by atoms with E-state index >= 15 is 4.39 Å². The van der Waals surface area contributed by atoms with Crippen molar-refractivity contribution < 1.29 is 37.4 Å². The molecule has 0 radical (unpaired) electrons. The molecule has 1 aromatic heterocycles. The van der Waals surface area contributed by atoms with Crippen molar-refractivity contribution in [2.24, 2.45) is 0 Å². The zero-order valence-electron chi connectivity index (χ0n) is 18.7. The summed E-state index contributed by atoms with van der Waals surface area (Å²) in [5.41, 5.74) is 2.15. The first-order valence-corrected chi connectivity index (χ1v) is 11.7. The van der Waals surface area contributed by atoms with Gasteiger partial charge in [-0.15, -0.1) is 0 Å². The van der Waals surface area contributed by atoms with Gasteiger partial charge in [-0.05, 0) is 32.0 Å². The summed E-state index contributed by atoms with van der Waals surface area (Å²) in [6.07, 6.45) is -3.50. The largest absolute Gasteiger partial charge is 0.468 e. The van der Waals surface area contributed by atoms with Crippen LogP contribution in [0, 0.1) is 0 Å². The number of nitrogens with one attached hydrogen (secondary N) is 1. The molecule has 0 bridgehead atoms. The average molecular weight is 500 g/mol. The van der Waals surface area contributed by atoms with Crippen molar-refractivity contribution in [2.75, 3.05) is 19.5 Å². The SMILES string of the molecule is COC(=O)[C@H](C)NP(=O)(OC[C@H]1O[C@@H](n2ccc(N)nc2=O)[C@](C)(F)[C@@H]1O)Oc1ccccc1. The Bertz CT molecular complexity index is 1120. The van der Waals surface area contributed by atoms with Gasteiger partial charge in [-0.2, -0.15) is 10.1 Å². The second kappa shape index (κ2) is 10.2. The highest BCUT2D eigenvalue weighted by atomic mass is 31.2. The van der Waals surface area contributed by atoms with E-state index in [-0.39, 0.29) is 11.6 Å². The Kier molecular flexibility index (Phi) is 7.74. The molecule has 0 aliphatic carbocycles. The van der Waals surface area contributed by atoms with Crippen molar-refractivity contribution in [3.63, 3.8) is 0 Å². The summed E-state index contributed by atoms with van der Waals surface area (Å²) in [6, 6.07) is 8.18. The first-order valence-electron chi connectivity index (χ1n) is 10.2. The van der Waals surface area contributed by atoms with Crippen LogP contribution in [-0.2, 0) is 23.4 Å². The fraction of sp³-hybridized carbons (Fsp3) is 0.450. The molecular formula is C20H26FN4O8P. The van der Waals surface area contributed by atoms with E-state index in [9.17, 15) is 19.3 Å². The lowest BCUT2D eigenvalue weighted by molar-refractivity contribution is -0.142. The van der Waals surface area contributed by atoms with Gasteiger partial charge in [0.05, 0.1) is 13.7 Å². The molecule has 4 N–H and O–H groups in total. The number of aliphatic hydroxyl groups is 1. The van der Waals surface area contributed by atoms with Crippen LogP contribution in [0.4, 0.5) is 10.2 Å².